The molecule has 0 spiro atoms. The summed E-state index contributed by atoms with van der Waals surface area (Å²) in [5, 5.41) is 0. The van der Waals surface area contributed by atoms with Gasteiger partial charge in [0.15, 0.2) is 0 Å². The topological polar surface area (TPSA) is 0 Å². The molecule has 0 saturated carbocycles. The summed E-state index contributed by atoms with van der Waals surface area (Å²) in [5.74, 6) is 1.04. The Morgan fingerprint density at radius 2 is 1.09 bits per heavy atom. The lowest BCUT2D eigenvalue weighted by Gasteiger charge is -2.39. The molecular formula is C42H48S. The lowest BCUT2D eigenvalue weighted by atomic mass is 9.71. The van der Waals surface area contributed by atoms with Crippen molar-refractivity contribution in [2.75, 3.05) is 5.75 Å². The minimum absolute atomic E-state index is 0.0268. The van der Waals surface area contributed by atoms with Crippen LogP contribution in [0.2, 0.25) is 0 Å². The average Bonchev–Trinajstić information content (AvgIpc) is 3.00. The van der Waals surface area contributed by atoms with Gasteiger partial charge in [0.05, 0.1) is 0 Å². The number of rotatable bonds is 7. The van der Waals surface area contributed by atoms with E-state index in [4.69, 9.17) is 0 Å². The van der Waals surface area contributed by atoms with E-state index in [0.29, 0.717) is 0 Å². The van der Waals surface area contributed by atoms with Crippen molar-refractivity contribution in [1.82, 2.24) is 0 Å². The van der Waals surface area contributed by atoms with E-state index < -0.39 is 0 Å². The van der Waals surface area contributed by atoms with E-state index in [1.54, 1.807) is 0 Å². The molecular weight excluding hydrogens is 537 g/mol. The number of hydrogen-bond donors (Lipinski definition) is 0. The third kappa shape index (κ3) is 7.10. The van der Waals surface area contributed by atoms with Gasteiger partial charge in [-0.1, -0.05) is 152 Å². The highest BCUT2D eigenvalue weighted by Crippen LogP contribution is 2.48. The highest BCUT2D eigenvalue weighted by atomic mass is 32.2. The highest BCUT2D eigenvalue weighted by Gasteiger charge is 2.33. The third-order valence-electron chi connectivity index (χ3n) is 9.39. The fourth-order valence-corrected chi connectivity index (χ4v) is 6.86. The summed E-state index contributed by atoms with van der Waals surface area (Å²) in [7, 11) is 0. The van der Waals surface area contributed by atoms with Gasteiger partial charge in [0.25, 0.3) is 0 Å². The Balaban J connectivity index is 1.66. The molecule has 0 bridgehead atoms. The molecule has 0 fully saturated rings. The van der Waals surface area contributed by atoms with Gasteiger partial charge >= 0.3 is 0 Å². The van der Waals surface area contributed by atoms with E-state index in [1.807, 2.05) is 11.8 Å². The second-order valence-corrected chi connectivity index (χ2v) is 15.7. The molecule has 0 saturated heterocycles. The van der Waals surface area contributed by atoms with Crippen LogP contribution in [0.4, 0.5) is 0 Å². The summed E-state index contributed by atoms with van der Waals surface area (Å²) in [4.78, 5) is 1.38. The Bertz CT molecular complexity index is 1600. The summed E-state index contributed by atoms with van der Waals surface area (Å²) >= 11 is 2.03. The van der Waals surface area contributed by atoms with Gasteiger partial charge in [-0.25, -0.2) is 0 Å². The maximum absolute atomic E-state index is 2.46. The summed E-state index contributed by atoms with van der Waals surface area (Å²) in [5.41, 5.74) is 12.1. The van der Waals surface area contributed by atoms with Crippen LogP contribution in [-0.4, -0.2) is 5.75 Å². The molecule has 222 valence electrons. The summed E-state index contributed by atoms with van der Waals surface area (Å²) in [6.45, 7) is 18.9. The molecule has 0 aliphatic heterocycles. The first-order valence-corrected chi connectivity index (χ1v) is 16.8. The molecule has 0 amide bonds. The molecule has 4 aromatic rings. The predicted molar refractivity (Wildman–Crippen MR) is 192 cm³/mol. The maximum Gasteiger partial charge on any atom is 0.0229 e. The van der Waals surface area contributed by atoms with Gasteiger partial charge in [-0.15, -0.1) is 11.8 Å². The molecule has 1 aliphatic rings. The van der Waals surface area contributed by atoms with E-state index in [-0.39, 0.29) is 16.2 Å². The van der Waals surface area contributed by atoms with Crippen molar-refractivity contribution in [1.29, 1.82) is 0 Å². The van der Waals surface area contributed by atoms with Gasteiger partial charge in [-0.05, 0) is 91.3 Å². The molecule has 0 heterocycles. The molecule has 0 aromatic heterocycles. The molecule has 0 N–H and O–H groups in total. The van der Waals surface area contributed by atoms with Crippen molar-refractivity contribution in [3.63, 3.8) is 0 Å². The molecule has 0 nitrogen and oxygen atoms in total. The van der Waals surface area contributed by atoms with E-state index >= 15 is 0 Å². The molecule has 4 aromatic carbocycles. The summed E-state index contributed by atoms with van der Waals surface area (Å²) < 4.78 is 0. The first-order chi connectivity index (χ1) is 20.3. The number of thioether (sulfide) groups is 1. The third-order valence-corrected chi connectivity index (χ3v) is 11.0. The lowest BCUT2D eigenvalue weighted by Crippen LogP contribution is -2.31. The minimum atomic E-state index is 0.0268. The highest BCUT2D eigenvalue weighted by molar-refractivity contribution is 7.99. The van der Waals surface area contributed by atoms with Gasteiger partial charge in [0, 0.05) is 10.6 Å². The standard InChI is InChI=1S/C42H48S/c1-40(2,3)36-27-37(34-23-19-32(20-24-34)30-15-11-9-12-16-30)39(43-29-42(7,8)41(4,5)6)38(28-36)35-25-21-33(22-26-35)31-17-13-10-14-18-31/h9,11-13,15-28H,10,14,29H2,1-8H3. The number of hydrogen-bond acceptors (Lipinski definition) is 1. The second kappa shape index (κ2) is 12.4. The first-order valence-electron chi connectivity index (χ1n) is 15.8. The van der Waals surface area contributed by atoms with E-state index in [9.17, 15) is 0 Å². The van der Waals surface area contributed by atoms with Crippen molar-refractivity contribution in [3.8, 4) is 33.4 Å². The Morgan fingerprint density at radius 3 is 1.58 bits per heavy atom. The molecule has 5 rings (SSSR count). The van der Waals surface area contributed by atoms with Crippen LogP contribution in [0.5, 0.6) is 0 Å². The van der Waals surface area contributed by atoms with Crippen molar-refractivity contribution in [2.45, 2.75) is 78.5 Å². The Morgan fingerprint density at radius 1 is 0.581 bits per heavy atom. The Kier molecular flexibility index (Phi) is 8.96. The number of allylic oxidation sites excluding steroid dienone is 4. The van der Waals surface area contributed by atoms with Crippen molar-refractivity contribution >= 4 is 17.3 Å². The molecule has 43 heavy (non-hydrogen) atoms. The fraction of sp³-hybridized carbons (Fsp3) is 0.333. The Hall–Kier alpha value is -3.29. The molecule has 0 unspecified atom stereocenters. The Labute approximate surface area is 265 Å². The summed E-state index contributed by atoms with van der Waals surface area (Å²) in [6.07, 6.45) is 9.19. The molecule has 0 atom stereocenters. The van der Waals surface area contributed by atoms with Crippen LogP contribution in [0.25, 0.3) is 39.0 Å². The van der Waals surface area contributed by atoms with Crippen LogP contribution in [0, 0.1) is 10.8 Å². The molecule has 1 heteroatoms. The van der Waals surface area contributed by atoms with Gasteiger partial charge < -0.3 is 0 Å². The van der Waals surface area contributed by atoms with Crippen molar-refractivity contribution in [3.05, 3.63) is 120 Å². The van der Waals surface area contributed by atoms with Crippen molar-refractivity contribution in [2.24, 2.45) is 10.8 Å². The zero-order chi connectivity index (χ0) is 30.8. The van der Waals surface area contributed by atoms with Crippen LogP contribution in [0.3, 0.4) is 0 Å². The van der Waals surface area contributed by atoms with E-state index in [0.717, 1.165) is 18.6 Å². The van der Waals surface area contributed by atoms with E-state index in [1.165, 1.54) is 55.0 Å². The van der Waals surface area contributed by atoms with Crippen LogP contribution in [0.1, 0.15) is 79.4 Å². The van der Waals surface area contributed by atoms with Crippen LogP contribution >= 0.6 is 11.8 Å². The lowest BCUT2D eigenvalue weighted by molar-refractivity contribution is 0.162. The first kappa shape index (κ1) is 31.1. The molecule has 1 aliphatic carbocycles. The predicted octanol–water partition coefficient (Wildman–Crippen LogP) is 12.9. The van der Waals surface area contributed by atoms with Gasteiger partial charge in [-0.3, -0.25) is 0 Å². The van der Waals surface area contributed by atoms with Crippen LogP contribution in [-0.2, 0) is 5.41 Å². The average molecular weight is 585 g/mol. The number of benzene rings is 4. The van der Waals surface area contributed by atoms with Crippen molar-refractivity contribution < 1.29 is 0 Å². The summed E-state index contributed by atoms with van der Waals surface area (Å²) in [6, 6.07) is 34.1. The van der Waals surface area contributed by atoms with Crippen LogP contribution in [0.15, 0.2) is 114 Å². The van der Waals surface area contributed by atoms with Gasteiger partial charge in [0.1, 0.15) is 0 Å². The van der Waals surface area contributed by atoms with E-state index in [2.05, 4.69) is 165 Å². The quantitative estimate of drug-likeness (QED) is 0.195. The van der Waals surface area contributed by atoms with Crippen LogP contribution < -0.4 is 0 Å². The second-order valence-electron chi connectivity index (χ2n) is 14.7. The van der Waals surface area contributed by atoms with Gasteiger partial charge in [-0.2, -0.15) is 0 Å². The fourth-order valence-electron chi connectivity index (χ4n) is 5.26. The minimum Gasteiger partial charge on any atom is -0.124 e. The largest absolute Gasteiger partial charge is 0.124 e. The van der Waals surface area contributed by atoms with Gasteiger partial charge in [0.2, 0.25) is 0 Å². The monoisotopic (exact) mass is 584 g/mol. The normalized spacial score (nSPS) is 14.1. The molecule has 0 radical (unpaired) electrons. The zero-order valence-corrected chi connectivity index (χ0v) is 28.2. The SMILES string of the molecule is CC(C)(C)c1cc(-c2ccc(C3=CCCC=C3)cc2)c(SCC(C)(C)C(C)(C)C)c(-c2ccc(-c3ccccc3)cc2)c1. The zero-order valence-electron chi connectivity index (χ0n) is 27.4. The maximum atomic E-state index is 2.46. The smallest absolute Gasteiger partial charge is 0.0229 e.